The largest absolute Gasteiger partial charge is 0.493 e. The maximum absolute atomic E-state index is 6.12. The summed E-state index contributed by atoms with van der Waals surface area (Å²) in [6, 6.07) is 6.13. The van der Waals surface area contributed by atoms with E-state index in [0.717, 1.165) is 68.5 Å². The molecule has 0 spiro atoms. The van der Waals surface area contributed by atoms with E-state index in [4.69, 9.17) is 14.2 Å². The quantitative estimate of drug-likeness (QED) is 0.316. The van der Waals surface area contributed by atoms with Crippen LogP contribution >= 0.6 is 0 Å². The van der Waals surface area contributed by atoms with Crippen molar-refractivity contribution in [3.05, 3.63) is 23.8 Å². The van der Waals surface area contributed by atoms with Gasteiger partial charge in [0.25, 0.3) is 0 Å². The molecule has 0 atom stereocenters. The molecular weight excluding hydrogens is 368 g/mol. The van der Waals surface area contributed by atoms with Gasteiger partial charge in [0, 0.05) is 46.9 Å². The summed E-state index contributed by atoms with van der Waals surface area (Å²) in [6.45, 7) is 4.28. The molecule has 2 rings (SSSR count). The number of rotatable bonds is 12. The first-order valence-corrected chi connectivity index (χ1v) is 10.6. The lowest BCUT2D eigenvalue weighted by Crippen LogP contribution is -2.40. The third-order valence-corrected chi connectivity index (χ3v) is 5.18. The third-order valence-electron chi connectivity index (χ3n) is 5.18. The van der Waals surface area contributed by atoms with Gasteiger partial charge in [-0.05, 0) is 56.8 Å². The second-order valence-electron chi connectivity index (χ2n) is 7.51. The van der Waals surface area contributed by atoms with Gasteiger partial charge in [-0.3, -0.25) is 4.99 Å². The summed E-state index contributed by atoms with van der Waals surface area (Å²) in [5, 5.41) is 6.72. The Morgan fingerprint density at radius 3 is 2.62 bits per heavy atom. The molecular formula is C22H38N4O3. The molecule has 7 heteroatoms. The Hall–Kier alpha value is -1.99. The molecule has 0 aromatic heterocycles. The Bertz CT molecular complexity index is 618. The van der Waals surface area contributed by atoms with Crippen LogP contribution in [0.5, 0.6) is 11.5 Å². The van der Waals surface area contributed by atoms with Gasteiger partial charge >= 0.3 is 0 Å². The number of ether oxygens (including phenoxy) is 3. The Labute approximate surface area is 175 Å². The van der Waals surface area contributed by atoms with Gasteiger partial charge in [0.1, 0.15) is 0 Å². The molecule has 2 N–H and O–H groups in total. The number of methoxy groups -OCH3 is 2. The van der Waals surface area contributed by atoms with Gasteiger partial charge in [0.05, 0.1) is 13.2 Å². The van der Waals surface area contributed by atoms with Gasteiger partial charge in [-0.2, -0.15) is 0 Å². The van der Waals surface area contributed by atoms with Gasteiger partial charge in [0.2, 0.25) is 0 Å². The van der Waals surface area contributed by atoms with E-state index in [1.807, 2.05) is 12.1 Å². The normalized spacial score (nSPS) is 15.0. The molecule has 1 aromatic carbocycles. The minimum absolute atomic E-state index is 0.323. The van der Waals surface area contributed by atoms with Gasteiger partial charge < -0.3 is 29.7 Å². The van der Waals surface area contributed by atoms with E-state index in [1.54, 1.807) is 21.3 Å². The van der Waals surface area contributed by atoms with E-state index < -0.39 is 0 Å². The first-order valence-electron chi connectivity index (χ1n) is 10.6. The molecule has 0 heterocycles. The lowest BCUT2D eigenvalue weighted by molar-refractivity contribution is 0.180. The first kappa shape index (κ1) is 23.3. The van der Waals surface area contributed by atoms with Gasteiger partial charge in [-0.15, -0.1) is 0 Å². The van der Waals surface area contributed by atoms with Crippen LogP contribution in [0.2, 0.25) is 0 Å². The maximum atomic E-state index is 6.12. The van der Waals surface area contributed by atoms with Crippen LogP contribution in [-0.2, 0) is 11.3 Å². The van der Waals surface area contributed by atoms with E-state index >= 15 is 0 Å². The van der Waals surface area contributed by atoms with Gasteiger partial charge in [-0.25, -0.2) is 0 Å². The van der Waals surface area contributed by atoms with E-state index in [2.05, 4.69) is 33.6 Å². The van der Waals surface area contributed by atoms with Crippen LogP contribution in [0.15, 0.2) is 23.2 Å². The van der Waals surface area contributed by atoms with E-state index in [-0.39, 0.29) is 0 Å². The summed E-state index contributed by atoms with van der Waals surface area (Å²) in [5.41, 5.74) is 1.13. The smallest absolute Gasteiger partial charge is 0.191 e. The summed E-state index contributed by atoms with van der Waals surface area (Å²) in [4.78, 5) is 6.59. The fraction of sp³-hybridized carbons (Fsp3) is 0.682. The standard InChI is InChI=1S/C22H38N4O3/c1-23-22(24-12-14-26(2)13-7-15-27-3)25-17-18-10-11-20(21(16-18)28-4)29-19-8-5-6-9-19/h10-11,16,19H,5-9,12-15,17H2,1-4H3,(H2,23,24,25). The summed E-state index contributed by atoms with van der Waals surface area (Å²) in [7, 11) is 7.34. The van der Waals surface area contributed by atoms with Crippen LogP contribution in [-0.4, -0.2) is 71.5 Å². The molecule has 1 saturated carbocycles. The van der Waals surface area contributed by atoms with Crippen LogP contribution < -0.4 is 20.1 Å². The second-order valence-corrected chi connectivity index (χ2v) is 7.51. The van der Waals surface area contributed by atoms with Crippen molar-refractivity contribution in [1.82, 2.24) is 15.5 Å². The molecule has 29 heavy (non-hydrogen) atoms. The molecule has 0 bridgehead atoms. The zero-order valence-electron chi connectivity index (χ0n) is 18.5. The Balaban J connectivity index is 1.76. The Morgan fingerprint density at radius 2 is 1.93 bits per heavy atom. The zero-order chi connectivity index (χ0) is 20.9. The number of nitrogens with one attached hydrogen (secondary N) is 2. The van der Waals surface area contributed by atoms with Gasteiger partial charge in [0.15, 0.2) is 17.5 Å². The highest BCUT2D eigenvalue weighted by Gasteiger charge is 2.18. The van der Waals surface area contributed by atoms with Crippen molar-refractivity contribution in [2.75, 3.05) is 54.6 Å². The maximum Gasteiger partial charge on any atom is 0.191 e. The number of guanidine groups is 1. The predicted molar refractivity (Wildman–Crippen MR) is 118 cm³/mol. The number of hydrogen-bond acceptors (Lipinski definition) is 5. The van der Waals surface area contributed by atoms with E-state index in [0.29, 0.717) is 12.6 Å². The highest BCUT2D eigenvalue weighted by atomic mass is 16.5. The molecule has 1 aromatic rings. The number of nitrogens with zero attached hydrogens (tertiary/aromatic N) is 2. The van der Waals surface area contributed by atoms with Crippen molar-refractivity contribution >= 4 is 5.96 Å². The topological polar surface area (TPSA) is 67.4 Å². The summed E-state index contributed by atoms with van der Waals surface area (Å²) < 4.78 is 16.8. The molecule has 164 valence electrons. The van der Waals surface area contributed by atoms with Crippen molar-refractivity contribution in [3.8, 4) is 11.5 Å². The van der Waals surface area contributed by atoms with Crippen LogP contribution in [0.3, 0.4) is 0 Å². The molecule has 0 saturated heterocycles. The fourth-order valence-electron chi connectivity index (χ4n) is 3.47. The minimum atomic E-state index is 0.323. The fourth-order valence-corrected chi connectivity index (χ4v) is 3.47. The molecule has 1 aliphatic carbocycles. The SMILES string of the molecule is CN=C(NCCN(C)CCCOC)NCc1ccc(OC2CCCC2)c(OC)c1. The summed E-state index contributed by atoms with van der Waals surface area (Å²) in [5.74, 6) is 2.42. The third kappa shape index (κ3) is 8.50. The molecule has 7 nitrogen and oxygen atoms in total. The molecule has 0 unspecified atom stereocenters. The zero-order valence-corrected chi connectivity index (χ0v) is 18.5. The van der Waals surface area contributed by atoms with Crippen LogP contribution in [0.4, 0.5) is 0 Å². The van der Waals surface area contributed by atoms with Crippen molar-refractivity contribution < 1.29 is 14.2 Å². The average molecular weight is 407 g/mol. The monoisotopic (exact) mass is 406 g/mol. The molecule has 0 radical (unpaired) electrons. The average Bonchev–Trinajstić information content (AvgIpc) is 3.24. The number of aliphatic imine (C=N–C) groups is 1. The number of hydrogen-bond donors (Lipinski definition) is 2. The minimum Gasteiger partial charge on any atom is -0.493 e. The van der Waals surface area contributed by atoms with E-state index in [9.17, 15) is 0 Å². The molecule has 0 amide bonds. The molecule has 1 aliphatic rings. The van der Waals surface area contributed by atoms with Crippen LogP contribution in [0, 0.1) is 0 Å². The van der Waals surface area contributed by atoms with Crippen molar-refractivity contribution in [1.29, 1.82) is 0 Å². The summed E-state index contributed by atoms with van der Waals surface area (Å²) >= 11 is 0. The highest BCUT2D eigenvalue weighted by molar-refractivity contribution is 5.79. The first-order chi connectivity index (χ1) is 14.2. The van der Waals surface area contributed by atoms with Crippen molar-refractivity contribution in [3.63, 3.8) is 0 Å². The summed E-state index contributed by atoms with van der Waals surface area (Å²) in [6.07, 6.45) is 6.14. The highest BCUT2D eigenvalue weighted by Crippen LogP contribution is 2.32. The van der Waals surface area contributed by atoms with Crippen molar-refractivity contribution in [2.45, 2.75) is 44.8 Å². The van der Waals surface area contributed by atoms with Crippen LogP contribution in [0.1, 0.15) is 37.7 Å². The van der Waals surface area contributed by atoms with Crippen molar-refractivity contribution in [2.24, 2.45) is 4.99 Å². The molecule has 0 aliphatic heterocycles. The van der Waals surface area contributed by atoms with E-state index in [1.165, 1.54) is 12.8 Å². The Kier molecular flexibility index (Phi) is 10.7. The second kappa shape index (κ2) is 13.3. The predicted octanol–water partition coefficient (Wildman–Crippen LogP) is 2.65. The Morgan fingerprint density at radius 1 is 1.14 bits per heavy atom. The van der Waals surface area contributed by atoms with Gasteiger partial charge in [-0.1, -0.05) is 6.07 Å². The lowest BCUT2D eigenvalue weighted by Gasteiger charge is -2.19. The number of likely N-dealkylation sites (N-methyl/N-ethyl adjacent to an activating group) is 1. The number of benzene rings is 1. The van der Waals surface area contributed by atoms with Crippen LogP contribution in [0.25, 0.3) is 0 Å². The molecule has 1 fully saturated rings. The lowest BCUT2D eigenvalue weighted by atomic mass is 10.2.